The molecular weight excluding hydrogens is 284 g/mol. The van der Waals surface area contributed by atoms with Crippen molar-refractivity contribution in [3.63, 3.8) is 0 Å². The zero-order valence-electron chi connectivity index (χ0n) is 13.0. The number of likely N-dealkylation sites (N-methyl/N-ethyl adjacent to an activating group) is 1. The van der Waals surface area contributed by atoms with Crippen LogP contribution in [0.3, 0.4) is 0 Å². The van der Waals surface area contributed by atoms with Crippen LogP contribution in [-0.4, -0.2) is 31.9 Å². The lowest BCUT2D eigenvalue weighted by atomic mass is 9.90. The molecule has 0 heterocycles. The van der Waals surface area contributed by atoms with Gasteiger partial charge in [-0.2, -0.15) is 4.31 Å². The van der Waals surface area contributed by atoms with E-state index in [1.807, 2.05) is 19.1 Å². The summed E-state index contributed by atoms with van der Waals surface area (Å²) >= 11 is 0. The fraction of sp³-hybridized carbons (Fsp3) is 0.625. The van der Waals surface area contributed by atoms with Crippen LogP contribution in [0.5, 0.6) is 0 Å². The number of sulfonamides is 1. The Morgan fingerprint density at radius 3 is 2.24 bits per heavy atom. The number of nitrogens with zero attached hydrogens (tertiary/aromatic N) is 1. The topological polar surface area (TPSA) is 63.4 Å². The Hall–Kier alpha value is -0.910. The first-order valence-electron chi connectivity index (χ1n) is 7.69. The zero-order chi connectivity index (χ0) is 15.5. The molecule has 0 amide bonds. The number of aryl methyl sites for hydroxylation is 1. The fourth-order valence-electron chi connectivity index (χ4n) is 3.28. The molecule has 1 aromatic carbocycles. The normalized spacial score (nSPS) is 19.4. The molecule has 2 rings (SSSR count). The van der Waals surface area contributed by atoms with Crippen molar-refractivity contribution in [3.8, 4) is 0 Å². The predicted octanol–water partition coefficient (Wildman–Crippen LogP) is 2.67. The van der Waals surface area contributed by atoms with Gasteiger partial charge < -0.3 is 5.73 Å². The zero-order valence-corrected chi connectivity index (χ0v) is 13.8. The van der Waals surface area contributed by atoms with Crippen LogP contribution in [0.25, 0.3) is 0 Å². The predicted molar refractivity (Wildman–Crippen MR) is 85.6 cm³/mol. The maximum Gasteiger partial charge on any atom is 0.243 e. The SMILES string of the molecule is Cc1ccccc1S(=O)(=O)N(C)C1(CN)CCCCCC1. The first-order valence-corrected chi connectivity index (χ1v) is 9.13. The van der Waals surface area contributed by atoms with Gasteiger partial charge in [-0.25, -0.2) is 8.42 Å². The van der Waals surface area contributed by atoms with Gasteiger partial charge in [0.05, 0.1) is 4.90 Å². The maximum atomic E-state index is 13.0. The summed E-state index contributed by atoms with van der Waals surface area (Å²) in [4.78, 5) is 0.393. The number of hydrogen-bond donors (Lipinski definition) is 1. The minimum absolute atomic E-state index is 0.384. The first-order chi connectivity index (χ1) is 9.94. The van der Waals surface area contributed by atoms with Crippen molar-refractivity contribution in [1.29, 1.82) is 0 Å². The van der Waals surface area contributed by atoms with E-state index in [2.05, 4.69) is 0 Å². The van der Waals surface area contributed by atoms with Crippen molar-refractivity contribution in [2.45, 2.75) is 55.9 Å². The van der Waals surface area contributed by atoms with Crippen molar-refractivity contribution in [3.05, 3.63) is 29.8 Å². The van der Waals surface area contributed by atoms with Crippen LogP contribution in [0.4, 0.5) is 0 Å². The van der Waals surface area contributed by atoms with Crippen LogP contribution >= 0.6 is 0 Å². The molecule has 1 aromatic rings. The molecule has 0 spiro atoms. The van der Waals surface area contributed by atoms with Crippen LogP contribution in [0.2, 0.25) is 0 Å². The average Bonchev–Trinajstić information content (AvgIpc) is 2.73. The van der Waals surface area contributed by atoms with Crippen molar-refractivity contribution in [2.24, 2.45) is 5.73 Å². The van der Waals surface area contributed by atoms with Gasteiger partial charge >= 0.3 is 0 Å². The van der Waals surface area contributed by atoms with Crippen molar-refractivity contribution in [2.75, 3.05) is 13.6 Å². The van der Waals surface area contributed by atoms with E-state index in [0.29, 0.717) is 11.4 Å². The van der Waals surface area contributed by atoms with Gasteiger partial charge in [0.1, 0.15) is 0 Å². The summed E-state index contributed by atoms with van der Waals surface area (Å²) in [6.45, 7) is 2.22. The van der Waals surface area contributed by atoms with Gasteiger partial charge in [-0.05, 0) is 31.4 Å². The largest absolute Gasteiger partial charge is 0.329 e. The summed E-state index contributed by atoms with van der Waals surface area (Å²) in [5, 5.41) is 0. The fourth-order valence-corrected chi connectivity index (χ4v) is 5.07. The van der Waals surface area contributed by atoms with Crippen LogP contribution < -0.4 is 5.73 Å². The molecule has 0 saturated heterocycles. The van der Waals surface area contributed by atoms with Crippen LogP contribution in [0.15, 0.2) is 29.2 Å². The van der Waals surface area contributed by atoms with Crippen molar-refractivity contribution in [1.82, 2.24) is 4.31 Å². The van der Waals surface area contributed by atoms with Crippen molar-refractivity contribution < 1.29 is 8.42 Å². The highest BCUT2D eigenvalue weighted by atomic mass is 32.2. The quantitative estimate of drug-likeness (QED) is 0.870. The molecule has 0 radical (unpaired) electrons. The summed E-state index contributed by atoms with van der Waals surface area (Å²) in [6, 6.07) is 7.15. The van der Waals surface area contributed by atoms with E-state index in [1.165, 1.54) is 12.8 Å². The maximum absolute atomic E-state index is 13.0. The lowest BCUT2D eigenvalue weighted by molar-refractivity contribution is 0.196. The van der Waals surface area contributed by atoms with Gasteiger partial charge in [0.25, 0.3) is 0 Å². The third kappa shape index (κ3) is 3.15. The molecule has 0 aromatic heterocycles. The van der Waals surface area contributed by atoms with Crippen molar-refractivity contribution >= 4 is 10.0 Å². The average molecular weight is 310 g/mol. The summed E-state index contributed by atoms with van der Waals surface area (Å²) in [5.41, 5.74) is 6.36. The molecular formula is C16H26N2O2S. The Labute approximate surface area is 128 Å². The monoisotopic (exact) mass is 310 g/mol. The highest BCUT2D eigenvalue weighted by molar-refractivity contribution is 7.89. The van der Waals surface area contributed by atoms with Gasteiger partial charge in [0.2, 0.25) is 10.0 Å². The molecule has 0 aliphatic heterocycles. The molecule has 1 fully saturated rings. The van der Waals surface area contributed by atoms with Crippen LogP contribution in [0.1, 0.15) is 44.1 Å². The molecule has 4 nitrogen and oxygen atoms in total. The van der Waals surface area contributed by atoms with Gasteiger partial charge in [0, 0.05) is 19.1 Å². The summed E-state index contributed by atoms with van der Waals surface area (Å²) < 4.78 is 27.5. The highest BCUT2D eigenvalue weighted by Gasteiger charge is 2.41. The van der Waals surface area contributed by atoms with Crippen LogP contribution in [-0.2, 0) is 10.0 Å². The molecule has 118 valence electrons. The van der Waals surface area contributed by atoms with E-state index >= 15 is 0 Å². The van der Waals surface area contributed by atoms with E-state index < -0.39 is 15.6 Å². The molecule has 2 N–H and O–H groups in total. The van der Waals surface area contributed by atoms with Gasteiger partial charge in [-0.15, -0.1) is 0 Å². The van der Waals surface area contributed by atoms with Crippen LogP contribution in [0, 0.1) is 6.92 Å². The number of hydrogen-bond acceptors (Lipinski definition) is 3. The van der Waals surface area contributed by atoms with E-state index in [4.69, 9.17) is 5.73 Å². The first kappa shape index (κ1) is 16.5. The van der Waals surface area contributed by atoms with Gasteiger partial charge in [0.15, 0.2) is 0 Å². The van der Waals surface area contributed by atoms with Gasteiger partial charge in [-0.1, -0.05) is 43.9 Å². The van der Waals surface area contributed by atoms with E-state index in [9.17, 15) is 8.42 Å². The Balaban J connectivity index is 2.40. The molecule has 0 unspecified atom stereocenters. The smallest absolute Gasteiger partial charge is 0.243 e. The summed E-state index contributed by atoms with van der Waals surface area (Å²) in [6.07, 6.45) is 6.13. The minimum atomic E-state index is -3.50. The molecule has 1 saturated carbocycles. The Morgan fingerprint density at radius 2 is 1.71 bits per heavy atom. The molecule has 1 aliphatic rings. The summed E-state index contributed by atoms with van der Waals surface area (Å²) in [7, 11) is -1.81. The lowest BCUT2D eigenvalue weighted by Crippen LogP contribution is -2.54. The Morgan fingerprint density at radius 1 is 1.14 bits per heavy atom. The van der Waals surface area contributed by atoms with Gasteiger partial charge in [-0.3, -0.25) is 0 Å². The van der Waals surface area contributed by atoms with E-state index in [-0.39, 0.29) is 0 Å². The number of nitrogens with two attached hydrogens (primary N) is 1. The minimum Gasteiger partial charge on any atom is -0.329 e. The molecule has 0 bridgehead atoms. The van der Waals surface area contributed by atoms with E-state index in [0.717, 1.165) is 31.2 Å². The summed E-state index contributed by atoms with van der Waals surface area (Å²) in [5.74, 6) is 0. The second kappa shape index (κ2) is 6.46. The Kier molecular flexibility index (Phi) is 5.07. The number of rotatable bonds is 4. The lowest BCUT2D eigenvalue weighted by Gasteiger charge is -2.40. The standard InChI is InChI=1S/C16H26N2O2S/c1-14-9-5-6-10-15(14)21(19,20)18(2)16(13-17)11-7-3-4-8-12-16/h5-6,9-10H,3-4,7-8,11-13,17H2,1-2H3. The molecule has 21 heavy (non-hydrogen) atoms. The number of benzene rings is 1. The molecule has 0 atom stereocenters. The Bertz CT molecular complexity index is 576. The molecule has 1 aliphatic carbocycles. The second-order valence-corrected chi connectivity index (χ2v) is 8.02. The second-order valence-electron chi connectivity index (χ2n) is 6.08. The third-order valence-electron chi connectivity index (χ3n) is 4.81. The molecule has 5 heteroatoms. The van der Waals surface area contributed by atoms with E-state index in [1.54, 1.807) is 23.5 Å². The highest BCUT2D eigenvalue weighted by Crippen LogP contribution is 2.35. The third-order valence-corrected chi connectivity index (χ3v) is 6.94.